The quantitative estimate of drug-likeness (QED) is 0.364. The number of hydrogen-bond acceptors (Lipinski definition) is 6. The maximum Gasteiger partial charge on any atom is 0.433 e. The van der Waals surface area contributed by atoms with Crippen molar-refractivity contribution in [3.05, 3.63) is 34.7 Å². The van der Waals surface area contributed by atoms with Gasteiger partial charge in [0.25, 0.3) is 0 Å². The van der Waals surface area contributed by atoms with Gasteiger partial charge in [0.2, 0.25) is 0 Å². The van der Waals surface area contributed by atoms with Gasteiger partial charge in [-0.2, -0.15) is 13.2 Å². The van der Waals surface area contributed by atoms with Crippen LogP contribution in [0.3, 0.4) is 0 Å². The van der Waals surface area contributed by atoms with Crippen molar-refractivity contribution in [2.45, 2.75) is 37.6 Å². The number of hydrogen-bond donors (Lipinski definition) is 1. The molecule has 28 heavy (non-hydrogen) atoms. The molecule has 0 amide bonds. The summed E-state index contributed by atoms with van der Waals surface area (Å²) in [4.78, 5) is 28.9. The highest BCUT2D eigenvalue weighted by Gasteiger charge is 2.46. The lowest BCUT2D eigenvalue weighted by Crippen LogP contribution is -2.30. The van der Waals surface area contributed by atoms with E-state index in [4.69, 9.17) is 9.47 Å². The largest absolute Gasteiger partial charge is 0.506 e. The van der Waals surface area contributed by atoms with Crippen LogP contribution in [-0.4, -0.2) is 41.5 Å². The highest BCUT2D eigenvalue weighted by molar-refractivity contribution is 6.27. The molecule has 1 aromatic rings. The van der Waals surface area contributed by atoms with Crippen LogP contribution in [0.2, 0.25) is 0 Å². The minimum atomic E-state index is -4.70. The number of rotatable bonds is 4. The summed E-state index contributed by atoms with van der Waals surface area (Å²) in [5, 5.41) is 10.8. The second-order valence-corrected chi connectivity index (χ2v) is 7.31. The van der Waals surface area contributed by atoms with Gasteiger partial charge in [-0.3, -0.25) is 9.59 Å². The molecule has 0 aromatic carbocycles. The van der Waals surface area contributed by atoms with Crippen LogP contribution in [0.5, 0.6) is 0 Å². The zero-order valence-corrected chi connectivity index (χ0v) is 15.0. The van der Waals surface area contributed by atoms with Crippen molar-refractivity contribution in [3.63, 3.8) is 0 Å². The number of aromatic nitrogens is 1. The van der Waals surface area contributed by atoms with Gasteiger partial charge in [0.05, 0.1) is 12.3 Å². The molecule has 4 unspecified atom stereocenters. The zero-order chi connectivity index (χ0) is 20.2. The van der Waals surface area contributed by atoms with Crippen molar-refractivity contribution in [1.29, 1.82) is 0 Å². The van der Waals surface area contributed by atoms with E-state index in [9.17, 15) is 27.9 Å². The average molecular weight is 397 g/mol. The summed E-state index contributed by atoms with van der Waals surface area (Å²) in [6.45, 7) is 0.273. The lowest BCUT2D eigenvalue weighted by molar-refractivity contribution is -0.141. The summed E-state index contributed by atoms with van der Waals surface area (Å²) < 4.78 is 49.9. The Hall–Kier alpha value is -2.26. The molecule has 150 valence electrons. The smallest absolute Gasteiger partial charge is 0.433 e. The molecule has 2 saturated carbocycles. The molecule has 1 aliphatic heterocycles. The molecule has 3 aliphatic rings. The number of ether oxygens (including phenoxy) is 2. The average Bonchev–Trinajstić information content (AvgIpc) is 3.37. The SMILES string of the molecule is COC(c1nc(C(F)(F)F)ccc1C(O)=C1C(=O)C2CCC(C2)C1=O)C1CO1. The van der Waals surface area contributed by atoms with Gasteiger partial charge in [0.15, 0.2) is 11.6 Å². The van der Waals surface area contributed by atoms with E-state index in [1.54, 1.807) is 0 Å². The number of pyridine rings is 1. The van der Waals surface area contributed by atoms with E-state index < -0.39 is 41.4 Å². The number of epoxide rings is 1. The minimum Gasteiger partial charge on any atom is -0.506 e. The van der Waals surface area contributed by atoms with Crippen LogP contribution >= 0.6 is 0 Å². The monoisotopic (exact) mass is 397 g/mol. The molecule has 1 aromatic heterocycles. The van der Waals surface area contributed by atoms with Gasteiger partial charge in [-0.15, -0.1) is 0 Å². The highest BCUT2D eigenvalue weighted by atomic mass is 19.4. The van der Waals surface area contributed by atoms with E-state index in [0.717, 1.165) is 6.07 Å². The Labute approximate surface area is 158 Å². The molecule has 9 heteroatoms. The Morgan fingerprint density at radius 1 is 1.25 bits per heavy atom. The van der Waals surface area contributed by atoms with E-state index in [1.807, 2.05) is 0 Å². The molecule has 1 saturated heterocycles. The van der Waals surface area contributed by atoms with E-state index in [-0.39, 0.29) is 35.3 Å². The molecule has 6 nitrogen and oxygen atoms in total. The Morgan fingerprint density at radius 3 is 2.36 bits per heavy atom. The van der Waals surface area contributed by atoms with Crippen molar-refractivity contribution in [2.75, 3.05) is 13.7 Å². The second kappa shape index (κ2) is 6.66. The van der Waals surface area contributed by atoms with Crippen LogP contribution in [0.1, 0.15) is 42.3 Å². The summed E-state index contributed by atoms with van der Waals surface area (Å²) in [6.07, 6.45) is -4.57. The number of carbonyl (C=O) groups excluding carboxylic acids is 2. The van der Waals surface area contributed by atoms with E-state index >= 15 is 0 Å². The molecule has 2 heterocycles. The number of ketones is 2. The zero-order valence-electron chi connectivity index (χ0n) is 15.0. The van der Waals surface area contributed by atoms with Crippen LogP contribution in [0.15, 0.2) is 17.7 Å². The lowest BCUT2D eigenvalue weighted by Gasteiger charge is -2.22. The maximum absolute atomic E-state index is 13.2. The number of carbonyl (C=O) groups is 2. The van der Waals surface area contributed by atoms with Crippen LogP contribution in [0.4, 0.5) is 13.2 Å². The minimum absolute atomic E-state index is 0.117. The summed E-state index contributed by atoms with van der Waals surface area (Å²) >= 11 is 0. The Balaban J connectivity index is 1.86. The summed E-state index contributed by atoms with van der Waals surface area (Å²) in [5.74, 6) is -2.23. The third kappa shape index (κ3) is 3.12. The number of fused-ring (bicyclic) bond motifs is 2. The number of alkyl halides is 3. The molecule has 4 rings (SSSR count). The van der Waals surface area contributed by atoms with Crippen molar-refractivity contribution < 1.29 is 37.3 Å². The van der Waals surface area contributed by atoms with Crippen molar-refractivity contribution in [2.24, 2.45) is 11.8 Å². The van der Waals surface area contributed by atoms with Crippen LogP contribution < -0.4 is 0 Å². The van der Waals surface area contributed by atoms with Gasteiger partial charge in [-0.25, -0.2) is 4.98 Å². The number of aliphatic hydroxyl groups is 1. The van der Waals surface area contributed by atoms with Gasteiger partial charge in [0.1, 0.15) is 29.2 Å². The number of aliphatic hydroxyl groups excluding tert-OH is 1. The fraction of sp³-hybridized carbons (Fsp3) is 0.526. The number of halogens is 3. The molecular weight excluding hydrogens is 379 g/mol. The number of methoxy groups -OCH3 is 1. The molecule has 0 spiro atoms. The van der Waals surface area contributed by atoms with E-state index in [2.05, 4.69) is 4.98 Å². The number of Topliss-reactive ketones (excluding diaryl/α,β-unsaturated/α-hetero) is 2. The Kier molecular flexibility index (Phi) is 4.54. The molecular formula is C19H18F3NO5. The maximum atomic E-state index is 13.2. The normalized spacial score (nSPS) is 27.9. The van der Waals surface area contributed by atoms with Gasteiger partial charge >= 0.3 is 6.18 Å². The first-order valence-electron chi connectivity index (χ1n) is 8.97. The molecule has 0 radical (unpaired) electrons. The Morgan fingerprint density at radius 2 is 1.86 bits per heavy atom. The standard InChI is InChI=1S/C19H18F3NO5/c1-27-18(11-7-28-11)14-10(4-5-12(23-14)19(20,21)22)17(26)13-15(24)8-2-3-9(6-8)16(13)25/h4-5,8-9,11,18,26H,2-3,6-7H2,1H3. The summed E-state index contributed by atoms with van der Waals surface area (Å²) in [6, 6.07) is 1.74. The van der Waals surface area contributed by atoms with Gasteiger partial charge in [0, 0.05) is 24.5 Å². The summed E-state index contributed by atoms with van der Waals surface area (Å²) in [5.41, 5.74) is -1.82. The van der Waals surface area contributed by atoms with Crippen LogP contribution in [0.25, 0.3) is 5.76 Å². The first kappa shape index (κ1) is 19.1. The second-order valence-electron chi connectivity index (χ2n) is 7.31. The first-order valence-corrected chi connectivity index (χ1v) is 8.97. The molecule has 2 bridgehead atoms. The molecule has 4 atom stereocenters. The third-order valence-corrected chi connectivity index (χ3v) is 5.59. The fourth-order valence-corrected chi connectivity index (χ4v) is 4.08. The van der Waals surface area contributed by atoms with E-state index in [0.29, 0.717) is 25.3 Å². The summed E-state index contributed by atoms with van der Waals surface area (Å²) in [7, 11) is 1.29. The third-order valence-electron chi connectivity index (χ3n) is 5.59. The molecule has 1 N–H and O–H groups in total. The fourth-order valence-electron chi connectivity index (χ4n) is 4.08. The van der Waals surface area contributed by atoms with Crippen LogP contribution in [0, 0.1) is 11.8 Å². The molecule has 3 fully saturated rings. The van der Waals surface area contributed by atoms with Gasteiger partial charge in [-0.05, 0) is 31.4 Å². The van der Waals surface area contributed by atoms with Gasteiger partial charge < -0.3 is 14.6 Å². The highest BCUT2D eigenvalue weighted by Crippen LogP contribution is 2.43. The van der Waals surface area contributed by atoms with Crippen molar-refractivity contribution >= 4 is 17.3 Å². The molecule has 2 aliphatic carbocycles. The predicted octanol–water partition coefficient (Wildman–Crippen LogP) is 3.02. The first-order chi connectivity index (χ1) is 13.2. The predicted molar refractivity (Wildman–Crippen MR) is 89.1 cm³/mol. The number of nitrogens with zero attached hydrogens (tertiary/aromatic N) is 1. The lowest BCUT2D eigenvalue weighted by atomic mass is 9.81. The van der Waals surface area contributed by atoms with Crippen LogP contribution in [-0.2, 0) is 25.2 Å². The van der Waals surface area contributed by atoms with E-state index in [1.165, 1.54) is 7.11 Å². The van der Waals surface area contributed by atoms with Crippen molar-refractivity contribution in [1.82, 2.24) is 4.98 Å². The topological polar surface area (TPSA) is 89.0 Å². The number of allylic oxidation sites excluding steroid dienone is 1. The van der Waals surface area contributed by atoms with Crippen molar-refractivity contribution in [3.8, 4) is 0 Å². The Bertz CT molecular complexity index is 851. The van der Waals surface area contributed by atoms with Gasteiger partial charge in [-0.1, -0.05) is 0 Å².